The highest BCUT2D eigenvalue weighted by Crippen LogP contribution is 2.46. The highest BCUT2D eigenvalue weighted by molar-refractivity contribution is 6.13. The summed E-state index contributed by atoms with van der Waals surface area (Å²) >= 11 is 0. The second kappa shape index (κ2) is 18.1. The minimum Gasteiger partial charge on any atom is -0.308 e. The van der Waals surface area contributed by atoms with Crippen LogP contribution in [-0.4, -0.2) is 19.5 Å². The molecule has 71 heavy (non-hydrogen) atoms. The molecule has 0 radical (unpaired) electrons. The average Bonchev–Trinajstić information content (AvgIpc) is 3.75. The summed E-state index contributed by atoms with van der Waals surface area (Å²) in [6.07, 6.45) is 0. The Labute approximate surface area is 410 Å². The van der Waals surface area contributed by atoms with Gasteiger partial charge in [0.25, 0.3) is 0 Å². The van der Waals surface area contributed by atoms with Crippen molar-refractivity contribution in [2.24, 2.45) is 0 Å². The van der Waals surface area contributed by atoms with E-state index in [1.807, 2.05) is 84.9 Å². The van der Waals surface area contributed by atoms with E-state index in [2.05, 4.69) is 128 Å². The fourth-order valence-electron chi connectivity index (χ4n) is 9.51. The van der Waals surface area contributed by atoms with Gasteiger partial charge in [0.2, 0.25) is 0 Å². The van der Waals surface area contributed by atoms with Gasteiger partial charge in [-0.15, -0.1) is 0 Å². The maximum absolute atomic E-state index is 10.9. The normalized spacial score (nSPS) is 10.9. The summed E-state index contributed by atoms with van der Waals surface area (Å²) in [5.41, 5.74) is 14.8. The molecule has 8 nitrogen and oxygen atoms in total. The molecule has 11 aromatic rings. The summed E-state index contributed by atoms with van der Waals surface area (Å²) in [4.78, 5) is 15.3. The van der Waals surface area contributed by atoms with Gasteiger partial charge in [-0.25, -0.2) is 15.0 Å². The Hall–Kier alpha value is -10.3. The van der Waals surface area contributed by atoms with E-state index in [0.717, 1.165) is 66.3 Å². The number of hydrogen-bond donors (Lipinski definition) is 0. The summed E-state index contributed by atoms with van der Waals surface area (Å²) in [5, 5.41) is 44.1. The lowest BCUT2D eigenvalue weighted by Crippen LogP contribution is -2.05. The quantitative estimate of drug-likeness (QED) is 0.148. The highest BCUT2D eigenvalue weighted by atomic mass is 15.0. The average molecular weight is 907 g/mol. The first-order valence-electron chi connectivity index (χ1n) is 23.0. The summed E-state index contributed by atoms with van der Waals surface area (Å²) in [6.45, 7) is 4.18. The first kappa shape index (κ1) is 43.3. The number of aromatic nitrogens is 4. The van der Waals surface area contributed by atoms with Crippen LogP contribution < -0.4 is 0 Å². The van der Waals surface area contributed by atoms with Crippen LogP contribution in [0.15, 0.2) is 194 Å². The third-order valence-electron chi connectivity index (χ3n) is 12.9. The molecular weight excluding hydrogens is 869 g/mol. The molecule has 330 valence electrons. The summed E-state index contributed by atoms with van der Waals surface area (Å²) in [6, 6.07) is 72.9. The van der Waals surface area contributed by atoms with Gasteiger partial charge in [-0.05, 0) is 96.8 Å². The maximum atomic E-state index is 10.9. The second-order valence-corrected chi connectivity index (χ2v) is 17.5. The number of benzene rings is 9. The van der Waals surface area contributed by atoms with Crippen molar-refractivity contribution in [1.29, 1.82) is 21.0 Å². The molecule has 0 spiro atoms. The number of rotatable bonds is 8. The Morgan fingerprint density at radius 2 is 0.746 bits per heavy atom. The topological polar surface area (TPSA) is 139 Å². The molecule has 8 heteroatoms. The number of nitrogens with zero attached hydrogens (tertiary/aromatic N) is 8. The smallest absolute Gasteiger partial charge is 0.164 e. The van der Waals surface area contributed by atoms with E-state index in [9.17, 15) is 21.0 Å². The largest absolute Gasteiger partial charge is 0.308 e. The Morgan fingerprint density at radius 1 is 0.338 bits per heavy atom. The Bertz CT molecular complexity index is 3870. The Morgan fingerprint density at radius 3 is 1.15 bits per heavy atom. The van der Waals surface area contributed by atoms with Gasteiger partial charge < -0.3 is 4.57 Å². The van der Waals surface area contributed by atoms with Crippen LogP contribution in [0, 0.1) is 59.2 Å². The Balaban J connectivity index is 1.31. The molecule has 0 atom stereocenters. The van der Waals surface area contributed by atoms with Crippen molar-refractivity contribution in [3.05, 3.63) is 228 Å². The molecule has 2 aromatic heterocycles. The van der Waals surface area contributed by atoms with Crippen molar-refractivity contribution in [2.75, 3.05) is 0 Å². The van der Waals surface area contributed by atoms with Crippen LogP contribution in [0.2, 0.25) is 0 Å². The van der Waals surface area contributed by atoms with E-state index in [1.54, 1.807) is 24.3 Å². The van der Waals surface area contributed by atoms with Crippen LogP contribution in [0.4, 0.5) is 0 Å². The molecule has 0 unspecified atom stereocenters. The third-order valence-corrected chi connectivity index (χ3v) is 12.9. The van der Waals surface area contributed by atoms with Gasteiger partial charge in [0, 0.05) is 49.7 Å². The molecule has 0 aliphatic heterocycles. The van der Waals surface area contributed by atoms with Crippen LogP contribution in [0.3, 0.4) is 0 Å². The molecule has 0 saturated carbocycles. The van der Waals surface area contributed by atoms with Gasteiger partial charge >= 0.3 is 0 Å². The van der Waals surface area contributed by atoms with E-state index in [4.69, 9.17) is 15.0 Å². The predicted octanol–water partition coefficient (Wildman–Crippen LogP) is 14.7. The highest BCUT2D eigenvalue weighted by Gasteiger charge is 2.26. The maximum Gasteiger partial charge on any atom is 0.164 e. The molecule has 0 bridgehead atoms. The summed E-state index contributed by atoms with van der Waals surface area (Å²) in [7, 11) is 0. The molecular formula is C63H38N8. The zero-order chi connectivity index (χ0) is 48.6. The minimum absolute atomic E-state index is 0.281. The standard InChI is InChI=1S/C63H38N8/c1-39-11-9-17-45(27-39)47-21-25-58-54(31-47)55-32-48(46-18-10-12-40(2)28-46)22-26-59(55)71(58)60-56(52-23-19-41(35-64)29-50(52)37-66)33-49(34-57(60)53-24-20-42(36-65)30-51(53)38-67)63-69-61(43-13-5-3-6-14-43)68-62(70-63)44-15-7-4-8-16-44/h3-34H,1-2H3. The van der Waals surface area contributed by atoms with E-state index in [1.165, 1.54) is 0 Å². The molecule has 0 amide bonds. The van der Waals surface area contributed by atoms with Gasteiger partial charge in [0.15, 0.2) is 17.5 Å². The molecule has 0 aliphatic carbocycles. The van der Waals surface area contributed by atoms with Crippen molar-refractivity contribution in [1.82, 2.24) is 19.5 Å². The number of fused-ring (bicyclic) bond motifs is 3. The van der Waals surface area contributed by atoms with Gasteiger partial charge in [-0.3, -0.25) is 0 Å². The fraction of sp³-hybridized carbons (Fsp3) is 0.0317. The third kappa shape index (κ3) is 8.01. The van der Waals surface area contributed by atoms with E-state index in [-0.39, 0.29) is 11.1 Å². The second-order valence-electron chi connectivity index (χ2n) is 17.5. The first-order chi connectivity index (χ1) is 34.8. The van der Waals surface area contributed by atoms with Crippen LogP contribution >= 0.6 is 0 Å². The molecule has 0 saturated heterocycles. The summed E-state index contributed by atoms with van der Waals surface area (Å²) < 4.78 is 2.22. The molecule has 0 aliphatic rings. The van der Waals surface area contributed by atoms with E-state index in [0.29, 0.717) is 62.1 Å². The summed E-state index contributed by atoms with van der Waals surface area (Å²) in [5.74, 6) is 1.29. The lowest BCUT2D eigenvalue weighted by atomic mass is 9.88. The van der Waals surface area contributed by atoms with Crippen molar-refractivity contribution in [3.63, 3.8) is 0 Å². The van der Waals surface area contributed by atoms with Crippen LogP contribution in [0.1, 0.15) is 33.4 Å². The predicted molar refractivity (Wildman–Crippen MR) is 281 cm³/mol. The molecule has 0 fully saturated rings. The van der Waals surface area contributed by atoms with Crippen molar-refractivity contribution in [3.8, 4) is 109 Å². The van der Waals surface area contributed by atoms with Crippen molar-refractivity contribution in [2.45, 2.75) is 13.8 Å². The van der Waals surface area contributed by atoms with Crippen LogP contribution in [0.25, 0.3) is 106 Å². The van der Waals surface area contributed by atoms with Crippen LogP contribution in [-0.2, 0) is 0 Å². The van der Waals surface area contributed by atoms with E-state index >= 15 is 0 Å². The van der Waals surface area contributed by atoms with E-state index < -0.39 is 0 Å². The minimum atomic E-state index is 0.281. The van der Waals surface area contributed by atoms with Gasteiger partial charge in [0.05, 0.1) is 63.3 Å². The van der Waals surface area contributed by atoms with Crippen LogP contribution in [0.5, 0.6) is 0 Å². The zero-order valence-corrected chi connectivity index (χ0v) is 38.6. The lowest BCUT2D eigenvalue weighted by molar-refractivity contribution is 1.07. The Kier molecular flexibility index (Phi) is 11.0. The molecule has 0 N–H and O–H groups in total. The lowest BCUT2D eigenvalue weighted by Gasteiger charge is -2.22. The fourth-order valence-corrected chi connectivity index (χ4v) is 9.51. The van der Waals surface area contributed by atoms with Gasteiger partial charge in [-0.1, -0.05) is 145 Å². The zero-order valence-electron chi connectivity index (χ0n) is 38.6. The number of aryl methyl sites for hydroxylation is 2. The van der Waals surface area contributed by atoms with Gasteiger partial charge in [0.1, 0.15) is 0 Å². The molecule has 11 rings (SSSR count). The molecule has 2 heterocycles. The monoisotopic (exact) mass is 906 g/mol. The SMILES string of the molecule is Cc1cccc(-c2ccc3c(c2)c2cc(-c4cccc(C)c4)ccc2n3-c2c(-c3ccc(C#N)cc3C#N)cc(-c3nc(-c4ccccc4)nc(-c4ccccc4)n3)cc2-c2ccc(C#N)cc2C#N)c1. The van der Waals surface area contributed by atoms with Crippen molar-refractivity contribution >= 4 is 21.8 Å². The van der Waals surface area contributed by atoms with Crippen molar-refractivity contribution < 1.29 is 0 Å². The number of nitriles is 4. The van der Waals surface area contributed by atoms with Gasteiger partial charge in [-0.2, -0.15) is 21.0 Å². The first-order valence-corrected chi connectivity index (χ1v) is 23.0. The molecule has 9 aromatic carbocycles. The number of hydrogen-bond acceptors (Lipinski definition) is 7.